The first kappa shape index (κ1) is 23.7. The van der Waals surface area contributed by atoms with Crippen molar-refractivity contribution in [3.63, 3.8) is 0 Å². The molecule has 5 rings (SSSR count). The summed E-state index contributed by atoms with van der Waals surface area (Å²) < 4.78 is 5.39. The molecule has 2 aliphatic rings. The fourth-order valence-corrected chi connectivity index (χ4v) is 6.95. The molecule has 0 bridgehead atoms. The second kappa shape index (κ2) is 10.7. The van der Waals surface area contributed by atoms with Crippen molar-refractivity contribution in [3.05, 3.63) is 70.0 Å². The maximum Gasteiger partial charge on any atom is 0.291 e. The van der Waals surface area contributed by atoms with Gasteiger partial charge >= 0.3 is 0 Å². The minimum atomic E-state index is -0.169. The predicted molar refractivity (Wildman–Crippen MR) is 141 cm³/mol. The fourth-order valence-electron chi connectivity index (χ4n) is 5.23. The smallest absolute Gasteiger partial charge is 0.291 e. The maximum atomic E-state index is 13.0. The summed E-state index contributed by atoms with van der Waals surface area (Å²) in [5.41, 5.74) is 4.08. The van der Waals surface area contributed by atoms with Crippen LogP contribution in [-0.2, 0) is 12.8 Å². The number of furan rings is 1. The van der Waals surface area contributed by atoms with Crippen molar-refractivity contribution in [2.24, 2.45) is 0 Å². The molecule has 0 spiro atoms. The van der Waals surface area contributed by atoms with Crippen LogP contribution in [0, 0.1) is 0 Å². The highest BCUT2D eigenvalue weighted by atomic mass is 32.2. The van der Waals surface area contributed by atoms with E-state index >= 15 is 0 Å². The lowest BCUT2D eigenvalue weighted by atomic mass is 9.88. The van der Waals surface area contributed by atoms with Gasteiger partial charge in [0.2, 0.25) is 0 Å². The van der Waals surface area contributed by atoms with Crippen molar-refractivity contribution < 1.29 is 9.21 Å². The Kier molecular flexibility index (Phi) is 7.44. The highest BCUT2D eigenvalue weighted by molar-refractivity contribution is 7.98. The number of amides is 1. The number of piperazine rings is 1. The Bertz CT molecular complexity index is 1100. The number of aryl methyl sites for hydroxylation is 1. The molecular weight excluding hydrogens is 462 g/mol. The lowest BCUT2D eigenvalue weighted by molar-refractivity contribution is 0.0995. The van der Waals surface area contributed by atoms with Gasteiger partial charge in [-0.2, -0.15) is 0 Å². The van der Waals surface area contributed by atoms with E-state index in [4.69, 9.17) is 4.42 Å². The zero-order valence-corrected chi connectivity index (χ0v) is 21.6. The second-order valence-electron chi connectivity index (χ2n) is 9.03. The molecule has 3 heterocycles. The van der Waals surface area contributed by atoms with Gasteiger partial charge in [0.25, 0.3) is 5.91 Å². The molecule has 0 radical (unpaired) electrons. The van der Waals surface area contributed by atoms with E-state index in [1.54, 1.807) is 41.5 Å². The Labute approximate surface area is 210 Å². The first-order valence-electron chi connectivity index (χ1n) is 12.3. The summed E-state index contributed by atoms with van der Waals surface area (Å²) in [6.45, 7) is 7.55. The van der Waals surface area contributed by atoms with Crippen LogP contribution in [-0.4, -0.2) is 54.7 Å². The largest absolute Gasteiger partial charge is 0.459 e. The number of hydrogen-bond donors (Lipinski definition) is 1. The zero-order chi connectivity index (χ0) is 23.5. The van der Waals surface area contributed by atoms with Crippen molar-refractivity contribution in [2.45, 2.75) is 43.5 Å². The Morgan fingerprint density at radius 2 is 1.88 bits per heavy atom. The third-order valence-corrected chi connectivity index (χ3v) is 9.08. The van der Waals surface area contributed by atoms with Crippen LogP contribution in [0.5, 0.6) is 0 Å². The van der Waals surface area contributed by atoms with Gasteiger partial charge in [-0.3, -0.25) is 9.69 Å². The van der Waals surface area contributed by atoms with Gasteiger partial charge in [0.1, 0.15) is 5.00 Å². The van der Waals surface area contributed by atoms with Crippen molar-refractivity contribution in [3.8, 4) is 0 Å². The number of carbonyl (C=O) groups is 1. The quantitative estimate of drug-likeness (QED) is 0.412. The highest BCUT2D eigenvalue weighted by Gasteiger charge is 2.33. The molecular formula is C27H33N3O2S2. The summed E-state index contributed by atoms with van der Waals surface area (Å²) >= 11 is 3.55. The van der Waals surface area contributed by atoms with Crippen molar-refractivity contribution in [2.75, 3.05) is 44.3 Å². The van der Waals surface area contributed by atoms with Crippen LogP contribution < -0.4 is 5.32 Å². The number of thiophene rings is 1. The van der Waals surface area contributed by atoms with Gasteiger partial charge in [0.15, 0.2) is 5.76 Å². The summed E-state index contributed by atoms with van der Waals surface area (Å²) in [4.78, 5) is 20.9. The van der Waals surface area contributed by atoms with E-state index in [-0.39, 0.29) is 11.9 Å². The molecule has 180 valence electrons. The molecule has 7 heteroatoms. The molecule has 1 amide bonds. The molecule has 1 atom stereocenters. The number of nitrogens with zero attached hydrogens (tertiary/aromatic N) is 2. The summed E-state index contributed by atoms with van der Waals surface area (Å²) in [6, 6.07) is 12.7. The van der Waals surface area contributed by atoms with Crippen LogP contribution >= 0.6 is 23.1 Å². The number of nitrogens with one attached hydrogen (secondary N) is 1. The molecule has 1 aromatic carbocycles. The second-order valence-corrected chi connectivity index (χ2v) is 11.0. The van der Waals surface area contributed by atoms with Gasteiger partial charge < -0.3 is 14.6 Å². The van der Waals surface area contributed by atoms with Gasteiger partial charge in [0, 0.05) is 41.5 Å². The Hall–Kier alpha value is -2.06. The lowest BCUT2D eigenvalue weighted by Crippen LogP contribution is -2.47. The topological polar surface area (TPSA) is 48.7 Å². The average Bonchev–Trinajstić information content (AvgIpc) is 3.54. The average molecular weight is 496 g/mol. The summed E-state index contributed by atoms with van der Waals surface area (Å²) in [5, 5.41) is 4.24. The molecule has 1 saturated heterocycles. The first-order chi connectivity index (χ1) is 16.7. The first-order valence-corrected chi connectivity index (χ1v) is 14.3. The number of fused-ring (bicyclic) bond motifs is 1. The molecule has 2 aromatic heterocycles. The number of hydrogen-bond acceptors (Lipinski definition) is 6. The molecule has 1 aliphatic heterocycles. The van der Waals surface area contributed by atoms with Crippen LogP contribution in [0.15, 0.2) is 52.0 Å². The van der Waals surface area contributed by atoms with Gasteiger partial charge in [-0.05, 0) is 73.9 Å². The van der Waals surface area contributed by atoms with E-state index in [0.29, 0.717) is 5.76 Å². The number of anilines is 1. The van der Waals surface area contributed by atoms with Crippen molar-refractivity contribution in [1.82, 2.24) is 9.80 Å². The Balaban J connectivity index is 1.57. The van der Waals surface area contributed by atoms with Crippen LogP contribution in [0.3, 0.4) is 0 Å². The monoisotopic (exact) mass is 495 g/mol. The number of thioether (sulfide) groups is 1. The molecule has 5 nitrogen and oxygen atoms in total. The number of benzene rings is 1. The van der Waals surface area contributed by atoms with E-state index in [1.807, 2.05) is 0 Å². The Morgan fingerprint density at radius 1 is 1.12 bits per heavy atom. The maximum absolute atomic E-state index is 13.0. The molecule has 1 aliphatic carbocycles. The summed E-state index contributed by atoms with van der Waals surface area (Å²) in [6.07, 6.45) is 8.30. The summed E-state index contributed by atoms with van der Waals surface area (Å²) in [5.74, 6) is 0.187. The lowest BCUT2D eigenvalue weighted by Gasteiger charge is -2.40. The van der Waals surface area contributed by atoms with Gasteiger partial charge in [0.05, 0.1) is 12.3 Å². The molecule has 34 heavy (non-hydrogen) atoms. The van der Waals surface area contributed by atoms with Crippen LogP contribution in [0.2, 0.25) is 0 Å². The summed E-state index contributed by atoms with van der Waals surface area (Å²) in [7, 11) is 0. The van der Waals surface area contributed by atoms with Gasteiger partial charge in [-0.15, -0.1) is 23.1 Å². The van der Waals surface area contributed by atoms with Gasteiger partial charge in [-0.1, -0.05) is 19.1 Å². The van der Waals surface area contributed by atoms with Crippen LogP contribution in [0.1, 0.15) is 57.9 Å². The van der Waals surface area contributed by atoms with Gasteiger partial charge in [-0.25, -0.2) is 0 Å². The van der Waals surface area contributed by atoms with E-state index in [2.05, 4.69) is 52.6 Å². The zero-order valence-electron chi connectivity index (χ0n) is 20.0. The van der Waals surface area contributed by atoms with Crippen LogP contribution in [0.4, 0.5) is 5.00 Å². The third kappa shape index (κ3) is 4.85. The predicted octanol–water partition coefficient (Wildman–Crippen LogP) is 5.92. The minimum absolute atomic E-state index is 0.139. The van der Waals surface area contributed by atoms with Crippen molar-refractivity contribution in [1.29, 1.82) is 0 Å². The van der Waals surface area contributed by atoms with Crippen molar-refractivity contribution >= 4 is 34.0 Å². The van der Waals surface area contributed by atoms with E-state index in [0.717, 1.165) is 50.6 Å². The standard InChI is InChI=1S/C27H33N3O2S2/c1-3-29-14-16-30(17-15-29)25(19-10-12-20(33-2)13-11-19)24-21-7-4-5-9-23(21)34-27(24)28-26(31)22-8-6-18-32-22/h6,8,10-13,18,25H,3-5,7,9,14-17H2,1-2H3,(H,28,31)/t25-/m0/s1. The fraction of sp³-hybridized carbons (Fsp3) is 0.444. The van der Waals surface area contributed by atoms with E-state index in [9.17, 15) is 4.79 Å². The normalized spacial score (nSPS) is 17.9. The van der Waals surface area contributed by atoms with E-state index in [1.165, 1.54) is 39.3 Å². The molecule has 3 aromatic rings. The highest BCUT2D eigenvalue weighted by Crippen LogP contribution is 2.46. The SMILES string of the molecule is CCN1CCN([C@@H](c2ccc(SC)cc2)c2c(NC(=O)c3ccco3)sc3c2CCCC3)CC1. The molecule has 1 N–H and O–H groups in total. The van der Waals surface area contributed by atoms with E-state index < -0.39 is 0 Å². The number of carbonyl (C=O) groups excluding carboxylic acids is 1. The minimum Gasteiger partial charge on any atom is -0.459 e. The number of likely N-dealkylation sites (N-methyl/N-ethyl adjacent to an activating group) is 1. The number of rotatable bonds is 7. The van der Waals surface area contributed by atoms with Crippen LogP contribution in [0.25, 0.3) is 0 Å². The molecule has 1 fully saturated rings. The molecule has 0 unspecified atom stereocenters. The third-order valence-electron chi connectivity index (χ3n) is 7.11. The molecule has 0 saturated carbocycles. The Morgan fingerprint density at radius 3 is 2.56 bits per heavy atom.